The van der Waals surface area contributed by atoms with Crippen molar-refractivity contribution >= 4 is 11.9 Å². The quantitative estimate of drug-likeness (QED) is 0.0321. The van der Waals surface area contributed by atoms with E-state index in [4.69, 9.17) is 4.74 Å². The number of hydrogen-bond acceptors (Lipinski definition) is 5. The van der Waals surface area contributed by atoms with Crippen LogP contribution in [0.2, 0.25) is 0 Å². The van der Waals surface area contributed by atoms with Crippen molar-refractivity contribution in [3.05, 3.63) is 48.6 Å². The van der Waals surface area contributed by atoms with Crippen molar-refractivity contribution in [2.75, 3.05) is 13.2 Å². The second-order valence-electron chi connectivity index (χ2n) is 21.4. The average Bonchev–Trinajstić information content (AvgIpc) is 3.37. The number of unbranched alkanes of at least 4 members (excludes halogenated alkanes) is 41. The molecule has 2 atom stereocenters. The summed E-state index contributed by atoms with van der Waals surface area (Å²) in [6.45, 7) is 4.77. The molecule has 71 heavy (non-hydrogen) atoms. The summed E-state index contributed by atoms with van der Waals surface area (Å²) in [6, 6.07) is -0.634. The number of rotatable bonds is 58. The Morgan fingerprint density at radius 2 is 0.718 bits per heavy atom. The smallest absolute Gasteiger partial charge is 0.305 e. The summed E-state index contributed by atoms with van der Waals surface area (Å²) in [6.07, 6.45) is 77.4. The van der Waals surface area contributed by atoms with Crippen LogP contribution in [0.5, 0.6) is 0 Å². The second kappa shape index (κ2) is 60.4. The van der Waals surface area contributed by atoms with Crippen LogP contribution in [-0.4, -0.2) is 47.4 Å². The Morgan fingerprint density at radius 1 is 0.394 bits per heavy atom. The summed E-state index contributed by atoms with van der Waals surface area (Å²) in [4.78, 5) is 24.5. The Labute approximate surface area is 442 Å². The highest BCUT2D eigenvalue weighted by atomic mass is 16.5. The largest absolute Gasteiger partial charge is 0.465 e. The van der Waals surface area contributed by atoms with Gasteiger partial charge >= 0.3 is 5.97 Å². The van der Waals surface area contributed by atoms with Gasteiger partial charge in [-0.1, -0.05) is 294 Å². The van der Waals surface area contributed by atoms with E-state index >= 15 is 0 Å². The van der Waals surface area contributed by atoms with E-state index in [1.54, 1.807) is 6.08 Å². The second-order valence-corrected chi connectivity index (χ2v) is 21.4. The van der Waals surface area contributed by atoms with Crippen molar-refractivity contribution in [3.8, 4) is 0 Å². The number of allylic oxidation sites excluding steroid dienone is 6. The third kappa shape index (κ3) is 57.0. The molecule has 0 saturated carbocycles. The van der Waals surface area contributed by atoms with Crippen LogP contribution in [0.4, 0.5) is 0 Å². The molecular formula is C65H121NO5. The van der Waals surface area contributed by atoms with E-state index in [-0.39, 0.29) is 18.5 Å². The van der Waals surface area contributed by atoms with E-state index in [0.29, 0.717) is 19.4 Å². The minimum absolute atomic E-state index is 0.0471. The maximum absolute atomic E-state index is 12.5. The monoisotopic (exact) mass is 996 g/mol. The maximum atomic E-state index is 12.5. The molecule has 0 bridgehead atoms. The number of amides is 1. The third-order valence-electron chi connectivity index (χ3n) is 14.3. The fourth-order valence-corrected chi connectivity index (χ4v) is 9.51. The van der Waals surface area contributed by atoms with Crippen LogP contribution in [-0.2, 0) is 14.3 Å². The molecule has 0 fully saturated rings. The van der Waals surface area contributed by atoms with Gasteiger partial charge < -0.3 is 20.3 Å². The van der Waals surface area contributed by atoms with Gasteiger partial charge in [0, 0.05) is 12.8 Å². The Hall–Kier alpha value is -2.18. The number of esters is 1. The van der Waals surface area contributed by atoms with Crippen molar-refractivity contribution in [1.82, 2.24) is 5.32 Å². The molecule has 0 aromatic carbocycles. The molecule has 1 amide bonds. The van der Waals surface area contributed by atoms with E-state index in [1.807, 2.05) is 6.08 Å². The Bertz CT molecular complexity index is 1190. The van der Waals surface area contributed by atoms with Gasteiger partial charge in [-0.15, -0.1) is 0 Å². The fourth-order valence-electron chi connectivity index (χ4n) is 9.51. The molecule has 416 valence electrons. The van der Waals surface area contributed by atoms with Gasteiger partial charge in [0.15, 0.2) is 0 Å². The van der Waals surface area contributed by atoms with E-state index < -0.39 is 12.1 Å². The standard InChI is InChI=1S/C65H121NO5/c1-3-5-7-9-11-13-15-16-17-18-19-20-22-25-28-31-34-38-41-45-49-53-57-63(68)62(61-67)66-64(69)58-54-50-46-42-39-35-32-29-26-23-21-24-27-30-33-36-40-44-48-52-56-60-71-65(70)59-55-51-47-43-37-14-12-10-8-6-4-2/h10,12,36,40,48,52-53,57,62-63,67-68H,3-9,11,13-35,37-39,41-47,49-51,54-56,58-61H2,1-2H3,(H,66,69)/b12-10-,40-36-,52-48-,57-53+. The summed E-state index contributed by atoms with van der Waals surface area (Å²) in [5, 5.41) is 23.2. The Balaban J connectivity index is 3.49. The number of nitrogens with one attached hydrogen (secondary N) is 1. The van der Waals surface area contributed by atoms with Crippen molar-refractivity contribution < 1.29 is 24.5 Å². The zero-order valence-corrected chi connectivity index (χ0v) is 47.5. The first-order valence-corrected chi connectivity index (χ1v) is 31.4. The molecule has 0 saturated heterocycles. The molecule has 0 radical (unpaired) electrons. The number of carbonyl (C=O) groups excluding carboxylic acids is 2. The highest BCUT2D eigenvalue weighted by Gasteiger charge is 2.18. The lowest BCUT2D eigenvalue weighted by Gasteiger charge is -2.20. The normalized spacial score (nSPS) is 12.9. The lowest BCUT2D eigenvalue weighted by molar-refractivity contribution is -0.143. The molecule has 2 unspecified atom stereocenters. The highest BCUT2D eigenvalue weighted by molar-refractivity contribution is 5.76. The van der Waals surface area contributed by atoms with Gasteiger partial charge in [0.2, 0.25) is 5.91 Å². The number of aliphatic hydroxyl groups excluding tert-OH is 2. The molecule has 6 nitrogen and oxygen atoms in total. The minimum Gasteiger partial charge on any atom is -0.465 e. The summed E-state index contributed by atoms with van der Waals surface area (Å²) < 4.78 is 5.39. The molecule has 0 rings (SSSR count). The van der Waals surface area contributed by atoms with Crippen LogP contribution in [0.15, 0.2) is 48.6 Å². The third-order valence-corrected chi connectivity index (χ3v) is 14.3. The van der Waals surface area contributed by atoms with E-state index in [0.717, 1.165) is 51.4 Å². The van der Waals surface area contributed by atoms with Gasteiger partial charge in [-0.2, -0.15) is 0 Å². The first-order chi connectivity index (χ1) is 35.0. The predicted octanol–water partition coefficient (Wildman–Crippen LogP) is 19.7. The first kappa shape index (κ1) is 68.8. The average molecular weight is 997 g/mol. The van der Waals surface area contributed by atoms with E-state index in [9.17, 15) is 19.8 Å². The van der Waals surface area contributed by atoms with Crippen LogP contribution in [0, 0.1) is 0 Å². The van der Waals surface area contributed by atoms with Crippen LogP contribution in [0.25, 0.3) is 0 Å². The molecule has 0 aliphatic heterocycles. The highest BCUT2D eigenvalue weighted by Crippen LogP contribution is 2.17. The van der Waals surface area contributed by atoms with Crippen molar-refractivity contribution in [2.45, 2.75) is 341 Å². The first-order valence-electron chi connectivity index (χ1n) is 31.4. The number of aliphatic hydroxyl groups is 2. The van der Waals surface area contributed by atoms with Gasteiger partial charge in [0.1, 0.15) is 0 Å². The lowest BCUT2D eigenvalue weighted by atomic mass is 10.0. The zero-order chi connectivity index (χ0) is 51.4. The van der Waals surface area contributed by atoms with E-state index in [2.05, 4.69) is 55.6 Å². The molecular weight excluding hydrogens is 875 g/mol. The van der Waals surface area contributed by atoms with E-state index in [1.165, 1.54) is 250 Å². The van der Waals surface area contributed by atoms with Crippen molar-refractivity contribution in [1.29, 1.82) is 0 Å². The fraction of sp³-hybridized carbons (Fsp3) is 0.846. The van der Waals surface area contributed by atoms with Crippen LogP contribution >= 0.6 is 0 Å². The molecule has 0 spiro atoms. The molecule has 3 N–H and O–H groups in total. The Kier molecular flexibility index (Phi) is 58.5. The molecule has 0 heterocycles. The Morgan fingerprint density at radius 3 is 1.13 bits per heavy atom. The van der Waals surface area contributed by atoms with Crippen LogP contribution in [0.3, 0.4) is 0 Å². The van der Waals surface area contributed by atoms with Gasteiger partial charge in [0.25, 0.3) is 0 Å². The van der Waals surface area contributed by atoms with Gasteiger partial charge in [-0.05, 0) is 70.6 Å². The summed E-state index contributed by atoms with van der Waals surface area (Å²) >= 11 is 0. The molecule has 6 heteroatoms. The van der Waals surface area contributed by atoms with Gasteiger partial charge in [0.05, 0.1) is 25.4 Å². The number of hydrogen-bond donors (Lipinski definition) is 3. The zero-order valence-electron chi connectivity index (χ0n) is 47.5. The van der Waals surface area contributed by atoms with Crippen LogP contribution < -0.4 is 5.32 Å². The number of carbonyl (C=O) groups is 2. The summed E-state index contributed by atoms with van der Waals surface area (Å²) in [7, 11) is 0. The van der Waals surface area contributed by atoms with Crippen LogP contribution in [0.1, 0.15) is 328 Å². The number of ether oxygens (including phenoxy) is 1. The molecule has 0 aromatic heterocycles. The SMILES string of the molecule is CCCC/C=C\CCCCCCCC(=O)OCC/C=C\C/C=C\CCCCCCCCCCCCCCCCC(=O)NC(CO)C(O)/C=C/CCCCCCCCCCCCCCCCCCCCCC. The molecule has 0 aliphatic carbocycles. The maximum Gasteiger partial charge on any atom is 0.305 e. The summed E-state index contributed by atoms with van der Waals surface area (Å²) in [5.41, 5.74) is 0. The predicted molar refractivity (Wildman–Crippen MR) is 310 cm³/mol. The van der Waals surface area contributed by atoms with Crippen molar-refractivity contribution in [3.63, 3.8) is 0 Å². The lowest BCUT2D eigenvalue weighted by Crippen LogP contribution is -2.45. The summed E-state index contributed by atoms with van der Waals surface area (Å²) in [5.74, 6) is -0.118. The van der Waals surface area contributed by atoms with Crippen molar-refractivity contribution in [2.24, 2.45) is 0 Å². The van der Waals surface area contributed by atoms with Gasteiger partial charge in [-0.3, -0.25) is 9.59 Å². The topological polar surface area (TPSA) is 95.9 Å². The minimum atomic E-state index is -0.850. The van der Waals surface area contributed by atoms with Gasteiger partial charge in [-0.25, -0.2) is 0 Å². The molecule has 0 aromatic rings. The molecule has 0 aliphatic rings.